The van der Waals surface area contributed by atoms with Crippen LogP contribution < -0.4 is 5.32 Å². The largest absolute Gasteiger partial charge is 0.469 e. The lowest BCUT2D eigenvalue weighted by Gasteiger charge is -2.72. The van der Waals surface area contributed by atoms with Crippen LogP contribution in [-0.4, -0.2) is 178 Å². The molecule has 2 saturated heterocycles. The standard InChI is InChI=1S/C48H77NO17S/c1-43(42(60)62-7)14-16-48(41(59)49-26(12-18-67-8)38(58)61-6)17-15-46(4)24(25(48)19-43)9-10-31-44(2)20-27(52)37(45(3,23-51)30(44)11-13-47(31,46)5)66-39-35(56)33(54)29(22-63-39)65-40-36(57)34(55)32(53)28(21-50)64-40/h9,25-37,39-40,50-57H,10-23H2,1-8H3,(H,49,59)/t25-,26+,27-,28+,29+,30+,31+,32+,33-,34-,35+,36+,37-,39-,40-,43-,44-,45-,46+,47+,48-/m0/s1. The normalized spacial score (nSPS) is 48.9. The lowest BCUT2D eigenvalue weighted by atomic mass is 9.33. The number of aliphatic hydroxyl groups excluding tert-OH is 8. The maximum Gasteiger partial charge on any atom is 0.328 e. The molecule has 21 atom stereocenters. The van der Waals surface area contributed by atoms with Gasteiger partial charge in [-0.05, 0) is 117 Å². The molecule has 2 heterocycles. The molecule has 4 saturated carbocycles. The van der Waals surface area contributed by atoms with Crippen LogP contribution in [0.3, 0.4) is 0 Å². The quantitative estimate of drug-likeness (QED) is 0.0706. The number of fused-ring (bicyclic) bond motifs is 7. The number of methoxy groups -OCH3 is 2. The Balaban J connectivity index is 1.14. The van der Waals surface area contributed by atoms with Crippen molar-refractivity contribution in [1.29, 1.82) is 0 Å². The molecule has 0 bridgehead atoms. The van der Waals surface area contributed by atoms with E-state index < -0.39 is 113 Å². The molecule has 6 fully saturated rings. The molecule has 9 N–H and O–H groups in total. The Morgan fingerprint density at radius 2 is 1.52 bits per heavy atom. The van der Waals surface area contributed by atoms with Crippen LogP contribution in [0.5, 0.6) is 0 Å². The SMILES string of the molecule is COC(=O)[C@@H](CCSC)NC(=O)[C@]12CC[C@](C)(C(=O)OC)C[C@H]1C1=CC[C@@H]3[C@@]4(C)C[C@H](O)[C@H](O[C@@H]5OC[C@@H](O[C@@H]6O[C@H](CO)[C@@H](O)[C@H](O)[C@H]6O)[C@H](O)[C@H]5O)[C@@](C)(CO)[C@@H]4CC[C@@]3(C)[C@]1(C)CC2. The lowest BCUT2D eigenvalue weighted by Crippen LogP contribution is -2.69. The average Bonchev–Trinajstić information content (AvgIpc) is 3.30. The molecular weight excluding hydrogens is 895 g/mol. The molecule has 0 aromatic rings. The Hall–Kier alpha value is -1.98. The zero-order valence-electron chi connectivity index (χ0n) is 40.3. The summed E-state index contributed by atoms with van der Waals surface area (Å²) in [6.45, 7) is 9.23. The molecule has 5 aliphatic carbocycles. The molecule has 0 radical (unpaired) electrons. The van der Waals surface area contributed by atoms with Crippen LogP contribution in [0.15, 0.2) is 11.6 Å². The molecular formula is C48H77NO17S. The molecule has 0 unspecified atom stereocenters. The van der Waals surface area contributed by atoms with E-state index in [1.807, 2.05) is 20.1 Å². The van der Waals surface area contributed by atoms with Gasteiger partial charge in [-0.1, -0.05) is 39.3 Å². The summed E-state index contributed by atoms with van der Waals surface area (Å²) in [4.78, 5) is 41.3. The second-order valence-corrected chi connectivity index (χ2v) is 23.1. The highest BCUT2D eigenvalue weighted by Gasteiger charge is 2.71. The van der Waals surface area contributed by atoms with E-state index in [0.29, 0.717) is 63.5 Å². The van der Waals surface area contributed by atoms with Gasteiger partial charge >= 0.3 is 11.9 Å². The number of hydrogen-bond donors (Lipinski definition) is 9. The zero-order chi connectivity index (χ0) is 49.2. The van der Waals surface area contributed by atoms with Gasteiger partial charge in [0.2, 0.25) is 5.91 Å². The van der Waals surface area contributed by atoms with E-state index >= 15 is 0 Å². The van der Waals surface area contributed by atoms with Gasteiger partial charge in [-0.25, -0.2) is 4.79 Å². The maximum absolute atomic E-state index is 14.9. The van der Waals surface area contributed by atoms with Gasteiger partial charge < -0.3 is 74.6 Å². The van der Waals surface area contributed by atoms with Crippen molar-refractivity contribution in [2.75, 3.05) is 46.0 Å². The molecule has 0 aromatic heterocycles. The summed E-state index contributed by atoms with van der Waals surface area (Å²) in [5.74, 6) is -0.818. The molecule has 0 aromatic carbocycles. The predicted octanol–water partition coefficient (Wildman–Crippen LogP) is 0.944. The number of esters is 2. The molecule has 7 rings (SSSR count). The van der Waals surface area contributed by atoms with E-state index in [-0.39, 0.29) is 48.3 Å². The van der Waals surface area contributed by atoms with Gasteiger partial charge in [0.15, 0.2) is 12.6 Å². The number of carbonyl (C=O) groups excluding carboxylic acids is 3. The Labute approximate surface area is 397 Å². The summed E-state index contributed by atoms with van der Waals surface area (Å²) in [5.41, 5.74) is -2.90. The van der Waals surface area contributed by atoms with E-state index in [2.05, 4.69) is 32.2 Å². The smallest absolute Gasteiger partial charge is 0.328 e. The minimum absolute atomic E-state index is 0.0137. The first-order chi connectivity index (χ1) is 31.5. The third-order valence-corrected chi connectivity index (χ3v) is 19.5. The number of rotatable bonds is 13. The Bertz CT molecular complexity index is 1860. The first kappa shape index (κ1) is 52.8. The van der Waals surface area contributed by atoms with Crippen LogP contribution in [0.2, 0.25) is 0 Å². The highest BCUT2D eigenvalue weighted by molar-refractivity contribution is 7.98. The number of thioether (sulfide) groups is 1. The molecule has 1 amide bonds. The Kier molecular flexibility index (Phi) is 15.4. The monoisotopic (exact) mass is 971 g/mol. The highest BCUT2D eigenvalue weighted by Crippen LogP contribution is 2.76. The minimum atomic E-state index is -1.74. The second-order valence-electron chi connectivity index (χ2n) is 22.1. The minimum Gasteiger partial charge on any atom is -0.469 e. The number of ether oxygens (including phenoxy) is 6. The van der Waals surface area contributed by atoms with Crippen LogP contribution in [0.4, 0.5) is 0 Å². The van der Waals surface area contributed by atoms with Crippen molar-refractivity contribution < 1.29 is 83.7 Å². The van der Waals surface area contributed by atoms with Gasteiger partial charge in [-0.3, -0.25) is 9.59 Å². The van der Waals surface area contributed by atoms with Gasteiger partial charge in [-0.15, -0.1) is 0 Å². The third-order valence-electron chi connectivity index (χ3n) is 18.9. The maximum atomic E-state index is 14.9. The number of hydrogen-bond acceptors (Lipinski definition) is 18. The molecule has 0 spiro atoms. The second kappa shape index (κ2) is 19.6. The van der Waals surface area contributed by atoms with E-state index in [1.54, 1.807) is 11.8 Å². The summed E-state index contributed by atoms with van der Waals surface area (Å²) in [6, 6.07) is -0.806. The van der Waals surface area contributed by atoms with Gasteiger partial charge in [0.1, 0.15) is 48.8 Å². The molecule has 2 aliphatic heterocycles. The fraction of sp³-hybridized carbons (Fsp3) is 0.896. The summed E-state index contributed by atoms with van der Waals surface area (Å²) in [6.07, 6.45) is -6.63. The fourth-order valence-electron chi connectivity index (χ4n) is 14.7. The van der Waals surface area contributed by atoms with Crippen molar-refractivity contribution in [2.45, 2.75) is 172 Å². The number of allylic oxidation sites excluding steroid dienone is 2. The van der Waals surface area contributed by atoms with Crippen LogP contribution in [0.1, 0.15) is 98.8 Å². The van der Waals surface area contributed by atoms with Crippen molar-refractivity contribution in [3.05, 3.63) is 11.6 Å². The molecule has 67 heavy (non-hydrogen) atoms. The fourth-order valence-corrected chi connectivity index (χ4v) is 15.2. The summed E-state index contributed by atoms with van der Waals surface area (Å²) in [7, 11) is 2.72. The first-order valence-corrected chi connectivity index (χ1v) is 25.4. The van der Waals surface area contributed by atoms with Crippen molar-refractivity contribution >= 4 is 29.6 Å². The first-order valence-electron chi connectivity index (χ1n) is 24.1. The van der Waals surface area contributed by atoms with Crippen molar-refractivity contribution in [3.8, 4) is 0 Å². The summed E-state index contributed by atoms with van der Waals surface area (Å²) >= 11 is 1.58. The predicted molar refractivity (Wildman–Crippen MR) is 240 cm³/mol. The highest BCUT2D eigenvalue weighted by atomic mass is 32.2. The summed E-state index contributed by atoms with van der Waals surface area (Å²) < 4.78 is 34.0. The average molecular weight is 972 g/mol. The van der Waals surface area contributed by atoms with Crippen molar-refractivity contribution in [1.82, 2.24) is 5.32 Å². The Morgan fingerprint density at radius 1 is 0.836 bits per heavy atom. The number of amides is 1. The Morgan fingerprint density at radius 3 is 2.16 bits per heavy atom. The van der Waals surface area contributed by atoms with Gasteiger partial charge in [0.05, 0.1) is 57.1 Å². The summed E-state index contributed by atoms with van der Waals surface area (Å²) in [5, 5.41) is 89.8. The van der Waals surface area contributed by atoms with Crippen LogP contribution in [0.25, 0.3) is 0 Å². The van der Waals surface area contributed by atoms with Crippen molar-refractivity contribution in [2.24, 2.45) is 50.2 Å². The molecule has 382 valence electrons. The van der Waals surface area contributed by atoms with Crippen LogP contribution in [-0.2, 0) is 42.8 Å². The van der Waals surface area contributed by atoms with E-state index in [4.69, 9.17) is 28.4 Å². The van der Waals surface area contributed by atoms with E-state index in [9.17, 15) is 55.2 Å². The third kappa shape index (κ3) is 8.52. The molecule has 7 aliphatic rings. The van der Waals surface area contributed by atoms with Crippen LogP contribution in [0, 0.1) is 50.2 Å². The number of carbonyl (C=O) groups is 3. The number of nitrogens with one attached hydrogen (secondary N) is 1. The van der Waals surface area contributed by atoms with Gasteiger partial charge in [-0.2, -0.15) is 11.8 Å². The molecule has 18 nitrogen and oxygen atoms in total. The topological polar surface area (TPSA) is 280 Å². The zero-order valence-corrected chi connectivity index (χ0v) is 41.1. The number of aliphatic hydroxyl groups is 8. The van der Waals surface area contributed by atoms with Gasteiger partial charge in [0.25, 0.3) is 0 Å². The van der Waals surface area contributed by atoms with Crippen molar-refractivity contribution in [3.63, 3.8) is 0 Å². The van der Waals surface area contributed by atoms with E-state index in [1.165, 1.54) is 14.2 Å². The van der Waals surface area contributed by atoms with Gasteiger partial charge in [0, 0.05) is 5.41 Å². The lowest BCUT2D eigenvalue weighted by molar-refractivity contribution is -0.357. The van der Waals surface area contributed by atoms with E-state index in [0.717, 1.165) is 12.0 Å². The molecule has 19 heteroatoms. The van der Waals surface area contributed by atoms with Crippen LogP contribution >= 0.6 is 11.8 Å².